The van der Waals surface area contributed by atoms with E-state index < -0.39 is 66.8 Å². The van der Waals surface area contributed by atoms with Gasteiger partial charge in [0.15, 0.2) is 0 Å². The molecule has 9 N–H and O–H groups in total. The SMILES string of the molecule is CC(NC(=O)C(CS)NC(=O)C(CC(N)=O)NC(=O)C(N)CO)C(=O)O. The smallest absolute Gasteiger partial charge is 0.325 e. The Balaban J connectivity index is 5.07. The fourth-order valence-electron chi connectivity index (χ4n) is 1.61. The predicted octanol–water partition coefficient (Wildman–Crippen LogP) is -4.33. The molecule has 0 aromatic rings. The molecule has 4 unspecified atom stereocenters. The van der Waals surface area contributed by atoms with E-state index in [1.807, 2.05) is 0 Å². The van der Waals surface area contributed by atoms with E-state index in [2.05, 4.69) is 28.6 Å². The molecular formula is C13H23N5O7S. The van der Waals surface area contributed by atoms with Gasteiger partial charge in [0.2, 0.25) is 23.6 Å². The Labute approximate surface area is 154 Å². The number of carboxylic acids is 1. The second-order valence-electron chi connectivity index (χ2n) is 5.33. The first kappa shape index (κ1) is 23.6. The van der Waals surface area contributed by atoms with Crippen molar-refractivity contribution in [3.8, 4) is 0 Å². The van der Waals surface area contributed by atoms with Gasteiger partial charge in [-0.3, -0.25) is 24.0 Å². The van der Waals surface area contributed by atoms with Crippen LogP contribution in [0.25, 0.3) is 0 Å². The summed E-state index contributed by atoms with van der Waals surface area (Å²) in [4.78, 5) is 57.8. The highest BCUT2D eigenvalue weighted by Gasteiger charge is 2.29. The van der Waals surface area contributed by atoms with Crippen molar-refractivity contribution in [2.24, 2.45) is 11.5 Å². The van der Waals surface area contributed by atoms with Crippen molar-refractivity contribution in [3.05, 3.63) is 0 Å². The zero-order chi connectivity index (χ0) is 20.4. The van der Waals surface area contributed by atoms with Crippen LogP contribution in [0.2, 0.25) is 0 Å². The molecule has 0 aromatic carbocycles. The van der Waals surface area contributed by atoms with Gasteiger partial charge in [0.25, 0.3) is 0 Å². The number of aliphatic hydroxyl groups is 1. The number of aliphatic hydroxyl groups excluding tert-OH is 1. The number of thiol groups is 1. The molecule has 26 heavy (non-hydrogen) atoms. The molecule has 148 valence electrons. The molecule has 0 saturated carbocycles. The fourth-order valence-corrected chi connectivity index (χ4v) is 1.87. The lowest BCUT2D eigenvalue weighted by Gasteiger charge is -2.23. The van der Waals surface area contributed by atoms with Gasteiger partial charge >= 0.3 is 5.97 Å². The number of amides is 4. The third-order valence-corrected chi connectivity index (χ3v) is 3.48. The zero-order valence-electron chi connectivity index (χ0n) is 14.0. The molecule has 0 spiro atoms. The van der Waals surface area contributed by atoms with Crippen molar-refractivity contribution in [1.82, 2.24) is 16.0 Å². The largest absolute Gasteiger partial charge is 0.480 e. The number of hydrogen-bond donors (Lipinski definition) is 8. The molecule has 0 fully saturated rings. The lowest BCUT2D eigenvalue weighted by molar-refractivity contribution is -0.141. The molecule has 0 rings (SSSR count). The molecule has 0 bridgehead atoms. The number of primary amides is 1. The summed E-state index contributed by atoms with van der Waals surface area (Å²) in [6.45, 7) is 0.537. The maximum Gasteiger partial charge on any atom is 0.325 e. The summed E-state index contributed by atoms with van der Waals surface area (Å²) < 4.78 is 0. The van der Waals surface area contributed by atoms with Gasteiger partial charge in [0, 0.05) is 5.75 Å². The van der Waals surface area contributed by atoms with Crippen molar-refractivity contribution < 1.29 is 34.2 Å². The maximum absolute atomic E-state index is 12.3. The van der Waals surface area contributed by atoms with Crippen LogP contribution in [0.15, 0.2) is 0 Å². The van der Waals surface area contributed by atoms with E-state index in [-0.39, 0.29) is 5.75 Å². The van der Waals surface area contributed by atoms with E-state index in [0.717, 1.165) is 0 Å². The Hall–Kier alpha value is -2.38. The van der Waals surface area contributed by atoms with Crippen molar-refractivity contribution in [1.29, 1.82) is 0 Å². The van der Waals surface area contributed by atoms with Crippen LogP contribution in [0.4, 0.5) is 0 Å². The highest BCUT2D eigenvalue weighted by atomic mass is 32.1. The number of nitrogens with two attached hydrogens (primary N) is 2. The molecule has 4 amide bonds. The summed E-state index contributed by atoms with van der Waals surface area (Å²) in [5.41, 5.74) is 10.3. The Bertz CT molecular complexity index is 559. The highest BCUT2D eigenvalue weighted by molar-refractivity contribution is 7.80. The molecule has 0 radical (unpaired) electrons. The van der Waals surface area contributed by atoms with Gasteiger partial charge in [0.1, 0.15) is 24.2 Å². The first-order valence-electron chi connectivity index (χ1n) is 7.43. The second kappa shape index (κ2) is 11.3. The Kier molecular flexibility index (Phi) is 10.2. The summed E-state index contributed by atoms with van der Waals surface area (Å²) >= 11 is 3.90. The minimum absolute atomic E-state index is 0.183. The number of aliphatic carboxylic acids is 1. The molecule has 4 atom stereocenters. The number of nitrogens with one attached hydrogen (secondary N) is 3. The molecule has 0 aliphatic heterocycles. The molecule has 0 aliphatic rings. The summed E-state index contributed by atoms with van der Waals surface area (Å²) in [5.74, 6) is -5.02. The van der Waals surface area contributed by atoms with E-state index >= 15 is 0 Å². The van der Waals surface area contributed by atoms with Gasteiger partial charge in [0.05, 0.1) is 13.0 Å². The molecule has 13 heteroatoms. The van der Waals surface area contributed by atoms with Gasteiger partial charge in [-0.15, -0.1) is 0 Å². The third-order valence-electron chi connectivity index (χ3n) is 3.12. The fraction of sp³-hybridized carbons (Fsp3) is 0.615. The minimum atomic E-state index is -1.44. The average molecular weight is 393 g/mol. The van der Waals surface area contributed by atoms with Crippen molar-refractivity contribution in [2.45, 2.75) is 37.5 Å². The lowest BCUT2D eigenvalue weighted by Crippen LogP contribution is -2.58. The Morgan fingerprint density at radius 1 is 1.00 bits per heavy atom. The molecule has 0 heterocycles. The molecule has 0 aromatic heterocycles. The van der Waals surface area contributed by atoms with Gasteiger partial charge in [-0.2, -0.15) is 12.6 Å². The molecular weight excluding hydrogens is 370 g/mol. The van der Waals surface area contributed by atoms with Gasteiger partial charge in [-0.1, -0.05) is 0 Å². The van der Waals surface area contributed by atoms with Crippen molar-refractivity contribution in [3.63, 3.8) is 0 Å². The lowest BCUT2D eigenvalue weighted by atomic mass is 10.1. The van der Waals surface area contributed by atoms with Crippen LogP contribution in [0.5, 0.6) is 0 Å². The zero-order valence-corrected chi connectivity index (χ0v) is 14.9. The monoisotopic (exact) mass is 393 g/mol. The van der Waals surface area contributed by atoms with E-state index in [1.54, 1.807) is 0 Å². The van der Waals surface area contributed by atoms with Crippen molar-refractivity contribution in [2.75, 3.05) is 12.4 Å². The van der Waals surface area contributed by atoms with Gasteiger partial charge in [-0.25, -0.2) is 0 Å². The van der Waals surface area contributed by atoms with E-state index in [1.165, 1.54) is 6.92 Å². The summed E-state index contributed by atoms with van der Waals surface area (Å²) in [7, 11) is 0. The van der Waals surface area contributed by atoms with E-state index in [9.17, 15) is 24.0 Å². The van der Waals surface area contributed by atoms with Crippen LogP contribution in [-0.4, -0.2) is 76.3 Å². The normalized spacial score (nSPS) is 15.1. The number of carbonyl (C=O) groups is 5. The van der Waals surface area contributed by atoms with Crippen LogP contribution in [0, 0.1) is 0 Å². The van der Waals surface area contributed by atoms with Crippen LogP contribution in [-0.2, 0) is 24.0 Å². The molecule has 0 saturated heterocycles. The maximum atomic E-state index is 12.3. The molecule has 0 aliphatic carbocycles. The van der Waals surface area contributed by atoms with Crippen molar-refractivity contribution >= 4 is 42.2 Å². The first-order chi connectivity index (χ1) is 12.0. The number of hydrogen-bond acceptors (Lipinski definition) is 8. The summed E-state index contributed by atoms with van der Waals surface area (Å²) in [6.07, 6.45) is -0.581. The standard InChI is InChI=1S/C13H23N5O7S/c1-5(13(24)25)16-12(23)8(4-26)18-11(22)7(2-9(15)20)17-10(21)6(14)3-19/h5-8,19,26H,2-4,14H2,1H3,(H2,15,20)(H,16,23)(H,17,21)(H,18,22)(H,24,25). The predicted molar refractivity (Wildman–Crippen MR) is 91.8 cm³/mol. The van der Waals surface area contributed by atoms with Crippen LogP contribution in [0.3, 0.4) is 0 Å². The van der Waals surface area contributed by atoms with Gasteiger partial charge in [-0.05, 0) is 6.92 Å². The van der Waals surface area contributed by atoms with E-state index in [4.69, 9.17) is 21.7 Å². The Morgan fingerprint density at radius 3 is 1.92 bits per heavy atom. The summed E-state index contributed by atoms with van der Waals surface area (Å²) in [6, 6.07) is -5.19. The first-order valence-corrected chi connectivity index (χ1v) is 8.06. The van der Waals surface area contributed by atoms with Crippen LogP contribution >= 0.6 is 12.6 Å². The number of carboxylic acid groups (broad SMARTS) is 1. The number of carbonyl (C=O) groups excluding carboxylic acids is 4. The second-order valence-corrected chi connectivity index (χ2v) is 5.70. The minimum Gasteiger partial charge on any atom is -0.480 e. The van der Waals surface area contributed by atoms with Crippen LogP contribution < -0.4 is 27.4 Å². The van der Waals surface area contributed by atoms with E-state index in [0.29, 0.717) is 0 Å². The number of rotatable bonds is 11. The Morgan fingerprint density at radius 2 is 1.50 bits per heavy atom. The third kappa shape index (κ3) is 8.13. The summed E-state index contributed by atoms with van der Waals surface area (Å²) in [5, 5.41) is 24.1. The average Bonchev–Trinajstić information content (AvgIpc) is 2.56. The van der Waals surface area contributed by atoms with Gasteiger partial charge < -0.3 is 37.6 Å². The quantitative estimate of drug-likeness (QED) is 0.160. The molecule has 12 nitrogen and oxygen atoms in total. The highest BCUT2D eigenvalue weighted by Crippen LogP contribution is 1.98. The van der Waals surface area contributed by atoms with Crippen LogP contribution in [0.1, 0.15) is 13.3 Å². The topological polar surface area (TPSA) is 214 Å².